The van der Waals surface area contributed by atoms with Crippen LogP contribution in [0.5, 0.6) is 0 Å². The van der Waals surface area contributed by atoms with E-state index in [2.05, 4.69) is 9.97 Å². The summed E-state index contributed by atoms with van der Waals surface area (Å²) in [5, 5.41) is 9.69. The predicted molar refractivity (Wildman–Crippen MR) is 59.9 cm³/mol. The molecular weight excluding hydrogens is 206 g/mol. The van der Waals surface area contributed by atoms with Crippen LogP contribution in [0.2, 0.25) is 0 Å². The molecule has 5 heteroatoms. The van der Waals surface area contributed by atoms with Gasteiger partial charge in [0.2, 0.25) is 0 Å². The van der Waals surface area contributed by atoms with Crippen LogP contribution in [-0.2, 0) is 0 Å². The van der Waals surface area contributed by atoms with Crippen LogP contribution in [0.1, 0.15) is 31.3 Å². The van der Waals surface area contributed by atoms with E-state index in [1.807, 2.05) is 6.92 Å². The molecule has 0 aromatic carbocycles. The minimum Gasteiger partial charge on any atom is -0.389 e. The van der Waals surface area contributed by atoms with Crippen molar-refractivity contribution in [1.29, 1.82) is 0 Å². The predicted octanol–water partition coefficient (Wildman–Crippen LogP) is 0.710. The molecule has 5 nitrogen and oxygen atoms in total. The molecule has 1 aromatic rings. The summed E-state index contributed by atoms with van der Waals surface area (Å²) in [4.78, 5) is 21.3. The van der Waals surface area contributed by atoms with Crippen molar-refractivity contribution in [3.8, 4) is 0 Å². The number of aromatic nitrogens is 2. The van der Waals surface area contributed by atoms with Crippen LogP contribution >= 0.6 is 0 Å². The average molecular weight is 223 g/mol. The highest BCUT2D eigenvalue weighted by Crippen LogP contribution is 2.07. The van der Waals surface area contributed by atoms with Crippen molar-refractivity contribution < 1.29 is 9.90 Å². The Kier molecular flexibility index (Phi) is 3.95. The Morgan fingerprint density at radius 1 is 1.50 bits per heavy atom. The molecule has 0 saturated heterocycles. The Morgan fingerprint density at radius 2 is 2.19 bits per heavy atom. The number of hydrogen-bond donors (Lipinski definition) is 1. The van der Waals surface area contributed by atoms with Crippen LogP contribution in [-0.4, -0.2) is 44.6 Å². The molecule has 0 spiro atoms. The maximum Gasteiger partial charge on any atom is 0.274 e. The summed E-state index contributed by atoms with van der Waals surface area (Å²) in [6.45, 7) is 6.00. The Bertz CT molecular complexity index is 346. The van der Waals surface area contributed by atoms with Gasteiger partial charge in [0.1, 0.15) is 5.69 Å². The first-order chi connectivity index (χ1) is 7.44. The van der Waals surface area contributed by atoms with E-state index < -0.39 is 5.60 Å². The molecule has 0 aliphatic carbocycles. The molecule has 16 heavy (non-hydrogen) atoms. The van der Waals surface area contributed by atoms with Crippen LogP contribution < -0.4 is 0 Å². The fourth-order valence-corrected chi connectivity index (χ4v) is 1.37. The molecule has 88 valence electrons. The number of rotatable bonds is 4. The van der Waals surface area contributed by atoms with Crippen LogP contribution in [0.25, 0.3) is 0 Å². The van der Waals surface area contributed by atoms with Crippen molar-refractivity contribution in [2.24, 2.45) is 0 Å². The summed E-state index contributed by atoms with van der Waals surface area (Å²) >= 11 is 0. The largest absolute Gasteiger partial charge is 0.389 e. The second kappa shape index (κ2) is 5.03. The quantitative estimate of drug-likeness (QED) is 0.816. The molecule has 1 heterocycles. The van der Waals surface area contributed by atoms with Crippen LogP contribution in [0.3, 0.4) is 0 Å². The maximum atomic E-state index is 12.0. The molecule has 0 saturated carbocycles. The van der Waals surface area contributed by atoms with Gasteiger partial charge in [0.25, 0.3) is 5.91 Å². The van der Waals surface area contributed by atoms with Crippen molar-refractivity contribution in [3.05, 3.63) is 24.3 Å². The molecule has 0 atom stereocenters. The number of carbonyl (C=O) groups excluding carboxylic acids is 1. The first-order valence-electron chi connectivity index (χ1n) is 5.21. The van der Waals surface area contributed by atoms with E-state index in [4.69, 9.17) is 0 Å². The molecule has 0 unspecified atom stereocenters. The van der Waals surface area contributed by atoms with Gasteiger partial charge in [0.05, 0.1) is 11.8 Å². The first-order valence-corrected chi connectivity index (χ1v) is 5.21. The van der Waals surface area contributed by atoms with Crippen molar-refractivity contribution >= 4 is 5.91 Å². The lowest BCUT2D eigenvalue weighted by Crippen LogP contribution is -2.42. The summed E-state index contributed by atoms with van der Waals surface area (Å²) in [7, 11) is 0. The zero-order chi connectivity index (χ0) is 12.2. The lowest BCUT2D eigenvalue weighted by molar-refractivity contribution is 0.0311. The van der Waals surface area contributed by atoms with Gasteiger partial charge >= 0.3 is 0 Å². The molecule has 0 aliphatic heterocycles. The first kappa shape index (κ1) is 12.6. The highest BCUT2D eigenvalue weighted by atomic mass is 16.3. The summed E-state index contributed by atoms with van der Waals surface area (Å²) in [5.74, 6) is -0.210. The van der Waals surface area contributed by atoms with E-state index in [1.54, 1.807) is 18.7 Å². The molecule has 1 rings (SSSR count). The summed E-state index contributed by atoms with van der Waals surface area (Å²) < 4.78 is 0. The summed E-state index contributed by atoms with van der Waals surface area (Å²) in [5.41, 5.74) is -0.609. The van der Waals surface area contributed by atoms with E-state index in [-0.39, 0.29) is 12.5 Å². The number of aliphatic hydroxyl groups is 1. The minimum atomic E-state index is -0.909. The second-order valence-electron chi connectivity index (χ2n) is 4.22. The number of amides is 1. The number of carbonyl (C=O) groups is 1. The zero-order valence-corrected chi connectivity index (χ0v) is 9.84. The van der Waals surface area contributed by atoms with Gasteiger partial charge in [0.15, 0.2) is 0 Å². The lowest BCUT2D eigenvalue weighted by Gasteiger charge is -2.27. The van der Waals surface area contributed by atoms with Gasteiger partial charge in [-0.05, 0) is 20.8 Å². The molecular formula is C11H17N3O2. The van der Waals surface area contributed by atoms with Gasteiger partial charge in [-0.15, -0.1) is 0 Å². The van der Waals surface area contributed by atoms with Crippen LogP contribution in [0, 0.1) is 0 Å². The number of likely N-dealkylation sites (N-methyl/N-ethyl adjacent to an activating group) is 1. The van der Waals surface area contributed by atoms with Gasteiger partial charge in [0, 0.05) is 25.5 Å². The van der Waals surface area contributed by atoms with E-state index in [9.17, 15) is 9.90 Å². The van der Waals surface area contributed by atoms with Gasteiger partial charge in [-0.3, -0.25) is 9.78 Å². The van der Waals surface area contributed by atoms with Crippen molar-refractivity contribution in [2.75, 3.05) is 13.1 Å². The van der Waals surface area contributed by atoms with Crippen LogP contribution in [0.4, 0.5) is 0 Å². The fraction of sp³-hybridized carbons (Fsp3) is 0.545. The Morgan fingerprint density at radius 3 is 2.62 bits per heavy atom. The smallest absolute Gasteiger partial charge is 0.274 e. The molecule has 0 bridgehead atoms. The normalized spacial score (nSPS) is 11.2. The SMILES string of the molecule is CCN(CC(C)(C)O)C(=O)c1cnccn1. The molecule has 0 aliphatic rings. The van der Waals surface area contributed by atoms with E-state index >= 15 is 0 Å². The topological polar surface area (TPSA) is 66.3 Å². The number of nitrogens with zero attached hydrogens (tertiary/aromatic N) is 3. The maximum absolute atomic E-state index is 12.0. The minimum absolute atomic E-state index is 0.210. The molecule has 0 fully saturated rings. The van der Waals surface area contributed by atoms with Gasteiger partial charge in [-0.2, -0.15) is 0 Å². The number of hydrogen-bond acceptors (Lipinski definition) is 4. The fourth-order valence-electron chi connectivity index (χ4n) is 1.37. The average Bonchev–Trinajstić information content (AvgIpc) is 2.25. The molecule has 1 amide bonds. The van der Waals surface area contributed by atoms with Gasteiger partial charge in [-0.1, -0.05) is 0 Å². The lowest BCUT2D eigenvalue weighted by atomic mass is 10.1. The standard InChI is InChI=1S/C11H17N3O2/c1-4-14(8-11(2,3)16)10(15)9-7-12-5-6-13-9/h5-7,16H,4,8H2,1-3H3. The third-order valence-electron chi connectivity index (χ3n) is 2.03. The van der Waals surface area contributed by atoms with Crippen molar-refractivity contribution in [2.45, 2.75) is 26.4 Å². The summed E-state index contributed by atoms with van der Waals surface area (Å²) in [6, 6.07) is 0. The van der Waals surface area contributed by atoms with E-state index in [0.29, 0.717) is 12.2 Å². The van der Waals surface area contributed by atoms with Crippen molar-refractivity contribution in [1.82, 2.24) is 14.9 Å². The highest BCUT2D eigenvalue weighted by molar-refractivity contribution is 5.91. The highest BCUT2D eigenvalue weighted by Gasteiger charge is 2.22. The van der Waals surface area contributed by atoms with Gasteiger partial charge in [-0.25, -0.2) is 4.98 Å². The second-order valence-corrected chi connectivity index (χ2v) is 4.22. The third kappa shape index (κ3) is 3.58. The van der Waals surface area contributed by atoms with E-state index in [1.165, 1.54) is 18.6 Å². The van der Waals surface area contributed by atoms with Gasteiger partial charge < -0.3 is 10.0 Å². The van der Waals surface area contributed by atoms with Crippen LogP contribution in [0.15, 0.2) is 18.6 Å². The Balaban J connectivity index is 2.78. The zero-order valence-electron chi connectivity index (χ0n) is 9.84. The molecule has 0 radical (unpaired) electrons. The molecule has 1 aromatic heterocycles. The molecule has 1 N–H and O–H groups in total. The Hall–Kier alpha value is -1.49. The Labute approximate surface area is 95.1 Å². The summed E-state index contributed by atoms with van der Waals surface area (Å²) in [6.07, 6.45) is 4.42. The third-order valence-corrected chi connectivity index (χ3v) is 2.03. The van der Waals surface area contributed by atoms with Crippen molar-refractivity contribution in [3.63, 3.8) is 0 Å². The van der Waals surface area contributed by atoms with E-state index in [0.717, 1.165) is 0 Å². The monoisotopic (exact) mass is 223 g/mol.